The van der Waals surface area contributed by atoms with E-state index in [-0.39, 0.29) is 18.1 Å². The molecule has 3 aromatic rings. The van der Waals surface area contributed by atoms with E-state index in [0.717, 1.165) is 0 Å². The van der Waals surface area contributed by atoms with Crippen molar-refractivity contribution in [1.29, 1.82) is 0 Å². The molecule has 0 saturated carbocycles. The van der Waals surface area contributed by atoms with Crippen LogP contribution in [0.4, 0.5) is 4.79 Å². The van der Waals surface area contributed by atoms with Crippen molar-refractivity contribution in [3.05, 3.63) is 66.1 Å². The molecule has 3 amide bonds. The number of benzene rings is 2. The second-order valence-electron chi connectivity index (χ2n) is 9.34. The molecule has 12 heteroatoms. The number of nitrogens with one attached hydrogen (secondary N) is 2. The molecular weight excluding hydrogens is 524 g/mol. The summed E-state index contributed by atoms with van der Waals surface area (Å²) in [5.74, 6) is -2.41. The number of sulfone groups is 1. The lowest BCUT2D eigenvalue weighted by Gasteiger charge is -2.29. The Hall–Kier alpha value is -3.77. The van der Waals surface area contributed by atoms with E-state index in [0.29, 0.717) is 49.4 Å². The molecule has 2 heterocycles. The Kier molecular flexibility index (Phi) is 9.31. The molecule has 2 atom stereocenters. The summed E-state index contributed by atoms with van der Waals surface area (Å²) in [6.45, 7) is 3.15. The first-order valence-electron chi connectivity index (χ1n) is 12.8. The Bertz CT molecular complexity index is 1370. The monoisotopic (exact) mass is 556 g/mol. The Morgan fingerprint density at radius 2 is 1.67 bits per heavy atom. The Balaban J connectivity index is 1.53. The SMILES string of the molecule is CCC[C@H](NC(=O)[C@H](CS(=O)(=O)Cc1ccccc1)NC(=O)N1CCOCC1)C(=O)c1nc2ccccc2o1. The van der Waals surface area contributed by atoms with Gasteiger partial charge in [0.1, 0.15) is 11.6 Å². The van der Waals surface area contributed by atoms with Gasteiger partial charge in [0.2, 0.25) is 11.7 Å². The number of carbonyl (C=O) groups excluding carboxylic acids is 3. The maximum atomic E-state index is 13.4. The smallest absolute Gasteiger partial charge is 0.318 e. The number of hydrogen-bond donors (Lipinski definition) is 2. The summed E-state index contributed by atoms with van der Waals surface area (Å²) in [4.78, 5) is 45.3. The number of ether oxygens (including phenoxy) is 1. The quantitative estimate of drug-likeness (QED) is 0.342. The van der Waals surface area contributed by atoms with Crippen LogP contribution in [0, 0.1) is 0 Å². The summed E-state index contributed by atoms with van der Waals surface area (Å²) in [6, 6.07) is 12.5. The van der Waals surface area contributed by atoms with Crippen LogP contribution in [-0.4, -0.2) is 80.2 Å². The third kappa shape index (κ3) is 7.64. The molecule has 1 aliphatic heterocycles. The number of Topliss-reactive ketones (excluding diaryl/α,β-unsaturated/α-hetero) is 1. The van der Waals surface area contributed by atoms with E-state index in [1.165, 1.54) is 4.90 Å². The minimum atomic E-state index is -3.83. The molecule has 11 nitrogen and oxygen atoms in total. The molecule has 2 aromatic carbocycles. The summed E-state index contributed by atoms with van der Waals surface area (Å²) in [5.41, 5.74) is 1.50. The fraction of sp³-hybridized carbons (Fsp3) is 0.407. The summed E-state index contributed by atoms with van der Waals surface area (Å²) in [5, 5.41) is 5.21. The van der Waals surface area contributed by atoms with Crippen molar-refractivity contribution in [2.75, 3.05) is 32.1 Å². The van der Waals surface area contributed by atoms with Gasteiger partial charge in [0.25, 0.3) is 5.89 Å². The highest BCUT2D eigenvalue weighted by Gasteiger charge is 2.33. The van der Waals surface area contributed by atoms with Crippen LogP contribution >= 0.6 is 0 Å². The molecule has 1 saturated heterocycles. The molecule has 0 bridgehead atoms. The van der Waals surface area contributed by atoms with Gasteiger partial charge in [0, 0.05) is 13.1 Å². The first-order valence-corrected chi connectivity index (χ1v) is 14.7. The van der Waals surface area contributed by atoms with Gasteiger partial charge in [0.05, 0.1) is 30.8 Å². The van der Waals surface area contributed by atoms with Crippen molar-refractivity contribution in [2.45, 2.75) is 37.6 Å². The number of ketones is 1. The Labute approximate surface area is 226 Å². The molecule has 208 valence electrons. The zero-order valence-corrected chi connectivity index (χ0v) is 22.5. The van der Waals surface area contributed by atoms with E-state index in [1.54, 1.807) is 54.6 Å². The standard InChI is InChI=1S/C27H32N4O7S/c1-2-8-21(24(32)26-29-20-11-6-7-12-23(20)38-26)28-25(33)22(30-27(34)31-13-15-37-16-14-31)18-39(35,36)17-19-9-4-3-5-10-19/h3-7,9-12,21-22H,2,8,13-18H2,1H3,(H,28,33)(H,30,34)/t21-,22-/m0/s1. The molecule has 0 radical (unpaired) electrons. The second kappa shape index (κ2) is 12.9. The van der Waals surface area contributed by atoms with Crippen LogP contribution in [0.5, 0.6) is 0 Å². The first kappa shape index (κ1) is 28.2. The number of aromatic nitrogens is 1. The molecule has 39 heavy (non-hydrogen) atoms. The number of morpholine rings is 1. The number of carbonyl (C=O) groups is 3. The lowest BCUT2D eigenvalue weighted by molar-refractivity contribution is -0.123. The van der Waals surface area contributed by atoms with E-state index in [9.17, 15) is 22.8 Å². The average molecular weight is 557 g/mol. The van der Waals surface area contributed by atoms with Gasteiger partial charge in [-0.1, -0.05) is 55.8 Å². The summed E-state index contributed by atoms with van der Waals surface area (Å²) in [7, 11) is -3.83. The molecule has 4 rings (SSSR count). The van der Waals surface area contributed by atoms with Gasteiger partial charge >= 0.3 is 6.03 Å². The van der Waals surface area contributed by atoms with Crippen molar-refractivity contribution in [3.8, 4) is 0 Å². The summed E-state index contributed by atoms with van der Waals surface area (Å²) in [6.07, 6.45) is 0.818. The second-order valence-corrected chi connectivity index (χ2v) is 11.5. The van der Waals surface area contributed by atoms with Crippen LogP contribution in [0.25, 0.3) is 11.1 Å². The zero-order chi connectivity index (χ0) is 27.8. The van der Waals surface area contributed by atoms with Gasteiger partial charge < -0.3 is 24.7 Å². The number of nitrogens with zero attached hydrogens (tertiary/aromatic N) is 2. The average Bonchev–Trinajstić information content (AvgIpc) is 3.37. The normalized spacial score (nSPS) is 15.5. The summed E-state index contributed by atoms with van der Waals surface area (Å²) < 4.78 is 37.0. The molecule has 0 unspecified atom stereocenters. The van der Waals surface area contributed by atoms with Gasteiger partial charge in [-0.15, -0.1) is 0 Å². The van der Waals surface area contributed by atoms with Crippen LogP contribution < -0.4 is 10.6 Å². The maximum absolute atomic E-state index is 13.4. The third-order valence-electron chi connectivity index (χ3n) is 6.28. The Morgan fingerprint density at radius 1 is 0.974 bits per heavy atom. The lowest BCUT2D eigenvalue weighted by Crippen LogP contribution is -2.57. The predicted octanol–water partition coefficient (Wildman–Crippen LogP) is 2.32. The first-order chi connectivity index (χ1) is 18.8. The highest BCUT2D eigenvalue weighted by molar-refractivity contribution is 7.90. The maximum Gasteiger partial charge on any atom is 0.318 e. The van der Waals surface area contributed by atoms with Crippen molar-refractivity contribution in [2.24, 2.45) is 0 Å². The zero-order valence-electron chi connectivity index (χ0n) is 21.7. The van der Waals surface area contributed by atoms with Gasteiger partial charge in [0.15, 0.2) is 15.4 Å². The fourth-order valence-electron chi connectivity index (χ4n) is 4.29. The van der Waals surface area contributed by atoms with E-state index in [1.807, 2.05) is 6.92 Å². The molecule has 0 aliphatic carbocycles. The van der Waals surface area contributed by atoms with Gasteiger partial charge in [-0.05, 0) is 24.1 Å². The molecule has 1 aromatic heterocycles. The Morgan fingerprint density at radius 3 is 2.36 bits per heavy atom. The molecule has 1 fully saturated rings. The number of rotatable bonds is 11. The molecular formula is C27H32N4O7S. The minimum absolute atomic E-state index is 0.152. The van der Waals surface area contributed by atoms with E-state index >= 15 is 0 Å². The largest absolute Gasteiger partial charge is 0.434 e. The molecule has 2 N–H and O–H groups in total. The number of amides is 3. The predicted molar refractivity (Wildman–Crippen MR) is 144 cm³/mol. The number of fused-ring (bicyclic) bond motifs is 1. The van der Waals surface area contributed by atoms with Gasteiger partial charge in [-0.3, -0.25) is 9.59 Å². The highest BCUT2D eigenvalue weighted by Crippen LogP contribution is 2.17. The van der Waals surface area contributed by atoms with Crippen LogP contribution in [0.3, 0.4) is 0 Å². The van der Waals surface area contributed by atoms with Gasteiger partial charge in [-0.25, -0.2) is 18.2 Å². The summed E-state index contributed by atoms with van der Waals surface area (Å²) >= 11 is 0. The minimum Gasteiger partial charge on any atom is -0.434 e. The molecule has 0 spiro atoms. The molecule has 1 aliphatic rings. The highest BCUT2D eigenvalue weighted by atomic mass is 32.2. The van der Waals surface area contributed by atoms with Crippen molar-refractivity contribution >= 4 is 38.7 Å². The van der Waals surface area contributed by atoms with Crippen molar-refractivity contribution < 1.29 is 32.0 Å². The topological polar surface area (TPSA) is 148 Å². The van der Waals surface area contributed by atoms with Crippen molar-refractivity contribution in [3.63, 3.8) is 0 Å². The third-order valence-corrected chi connectivity index (χ3v) is 7.89. The van der Waals surface area contributed by atoms with E-state index in [2.05, 4.69) is 15.6 Å². The van der Waals surface area contributed by atoms with Crippen molar-refractivity contribution in [1.82, 2.24) is 20.5 Å². The van der Waals surface area contributed by atoms with Crippen LogP contribution in [0.1, 0.15) is 36.0 Å². The fourth-order valence-corrected chi connectivity index (χ4v) is 5.85. The number of hydrogen-bond acceptors (Lipinski definition) is 8. The van der Waals surface area contributed by atoms with E-state index in [4.69, 9.17) is 9.15 Å². The van der Waals surface area contributed by atoms with Crippen LogP contribution in [-0.2, 0) is 25.1 Å². The van der Waals surface area contributed by atoms with Gasteiger partial charge in [-0.2, -0.15) is 0 Å². The van der Waals surface area contributed by atoms with Crippen LogP contribution in [0.2, 0.25) is 0 Å². The van der Waals surface area contributed by atoms with E-state index < -0.39 is 45.4 Å². The van der Waals surface area contributed by atoms with Crippen LogP contribution in [0.15, 0.2) is 59.0 Å². The number of urea groups is 1. The lowest BCUT2D eigenvalue weighted by atomic mass is 10.1. The number of oxazole rings is 1. The number of para-hydroxylation sites is 2.